The number of thiophene rings is 1. The van der Waals surface area contributed by atoms with Gasteiger partial charge in [0.05, 0.1) is 4.90 Å². The predicted molar refractivity (Wildman–Crippen MR) is 94.7 cm³/mol. The highest BCUT2D eigenvalue weighted by atomic mass is 32.2. The molecule has 24 heavy (non-hydrogen) atoms. The van der Waals surface area contributed by atoms with Crippen LogP contribution in [0.4, 0.5) is 0 Å². The third-order valence-electron chi connectivity index (χ3n) is 3.92. The minimum absolute atomic E-state index is 0.156. The van der Waals surface area contributed by atoms with Gasteiger partial charge in [-0.1, -0.05) is 6.07 Å². The molecule has 0 aliphatic heterocycles. The lowest BCUT2D eigenvalue weighted by atomic mass is 10.2. The van der Waals surface area contributed by atoms with Crippen LogP contribution in [-0.2, 0) is 16.4 Å². The normalized spacial score (nSPS) is 14.5. The van der Waals surface area contributed by atoms with Crippen molar-refractivity contribution in [2.45, 2.75) is 24.2 Å². The topological polar surface area (TPSA) is 75.3 Å². The number of sulfonamides is 1. The average Bonchev–Trinajstić information content (AvgIpc) is 3.27. The Kier molecular flexibility index (Phi) is 5.33. The SMILES string of the molecule is O=C(NCC1CC1)c1ccc(S(=O)(=O)NCCc2cccs2)cc1. The molecule has 1 aliphatic carbocycles. The smallest absolute Gasteiger partial charge is 0.251 e. The first-order valence-corrected chi connectivity index (χ1v) is 10.3. The van der Waals surface area contributed by atoms with Crippen LogP contribution in [0.5, 0.6) is 0 Å². The maximum absolute atomic E-state index is 12.3. The Morgan fingerprint density at radius 1 is 1.17 bits per heavy atom. The monoisotopic (exact) mass is 364 g/mol. The van der Waals surface area contributed by atoms with Gasteiger partial charge in [0.25, 0.3) is 5.91 Å². The van der Waals surface area contributed by atoms with Crippen LogP contribution in [0.3, 0.4) is 0 Å². The number of rotatable bonds is 8. The van der Waals surface area contributed by atoms with Crippen LogP contribution in [0.2, 0.25) is 0 Å². The molecule has 1 heterocycles. The van der Waals surface area contributed by atoms with Gasteiger partial charge >= 0.3 is 0 Å². The van der Waals surface area contributed by atoms with Crippen LogP contribution in [0.1, 0.15) is 28.1 Å². The lowest BCUT2D eigenvalue weighted by molar-refractivity contribution is 0.0951. The van der Waals surface area contributed by atoms with E-state index in [9.17, 15) is 13.2 Å². The van der Waals surface area contributed by atoms with E-state index in [1.807, 2.05) is 17.5 Å². The zero-order chi connectivity index (χ0) is 17.0. The van der Waals surface area contributed by atoms with Gasteiger partial charge < -0.3 is 5.32 Å². The maximum atomic E-state index is 12.3. The first-order valence-electron chi connectivity index (χ1n) is 7.95. The van der Waals surface area contributed by atoms with Crippen LogP contribution in [0, 0.1) is 5.92 Å². The molecule has 1 saturated carbocycles. The van der Waals surface area contributed by atoms with E-state index in [-0.39, 0.29) is 10.8 Å². The number of carbonyl (C=O) groups is 1. The number of carbonyl (C=O) groups excluding carboxylic acids is 1. The van der Waals surface area contributed by atoms with Gasteiger partial charge in [-0.3, -0.25) is 4.79 Å². The van der Waals surface area contributed by atoms with E-state index in [0.717, 1.165) is 4.88 Å². The van der Waals surface area contributed by atoms with Crippen LogP contribution in [-0.4, -0.2) is 27.4 Å². The summed E-state index contributed by atoms with van der Waals surface area (Å²) in [6.45, 7) is 1.05. The third-order valence-corrected chi connectivity index (χ3v) is 6.33. The zero-order valence-electron chi connectivity index (χ0n) is 13.2. The van der Waals surface area contributed by atoms with Gasteiger partial charge in [-0.15, -0.1) is 11.3 Å². The second kappa shape index (κ2) is 7.46. The molecule has 1 aromatic carbocycles. The van der Waals surface area contributed by atoms with Gasteiger partial charge in [0, 0.05) is 23.5 Å². The fraction of sp³-hybridized carbons (Fsp3) is 0.353. The molecule has 1 aliphatic rings. The summed E-state index contributed by atoms with van der Waals surface area (Å²) in [7, 11) is -3.55. The molecule has 0 spiro atoms. The van der Waals surface area contributed by atoms with Crippen molar-refractivity contribution in [2.24, 2.45) is 5.92 Å². The molecule has 0 radical (unpaired) electrons. The summed E-state index contributed by atoms with van der Waals surface area (Å²) < 4.78 is 27.1. The van der Waals surface area contributed by atoms with E-state index in [0.29, 0.717) is 31.0 Å². The molecule has 1 fully saturated rings. The summed E-state index contributed by atoms with van der Waals surface area (Å²) in [5.74, 6) is 0.456. The molecule has 5 nitrogen and oxygen atoms in total. The summed E-state index contributed by atoms with van der Waals surface area (Å²) in [4.78, 5) is 13.3. The highest BCUT2D eigenvalue weighted by molar-refractivity contribution is 7.89. The Bertz CT molecular complexity index is 780. The molecule has 7 heteroatoms. The molecule has 0 atom stereocenters. The van der Waals surface area contributed by atoms with Gasteiger partial charge in [0.1, 0.15) is 0 Å². The zero-order valence-corrected chi connectivity index (χ0v) is 14.8. The third kappa shape index (κ3) is 4.66. The molecule has 128 valence electrons. The number of nitrogens with one attached hydrogen (secondary N) is 2. The second-order valence-electron chi connectivity index (χ2n) is 5.90. The van der Waals surface area contributed by atoms with Gasteiger partial charge in [0.15, 0.2) is 0 Å². The molecule has 0 bridgehead atoms. The molecule has 2 N–H and O–H groups in total. The Balaban J connectivity index is 1.55. The van der Waals surface area contributed by atoms with Gasteiger partial charge in [0.2, 0.25) is 10.0 Å². The van der Waals surface area contributed by atoms with Crippen LogP contribution in [0.15, 0.2) is 46.7 Å². The van der Waals surface area contributed by atoms with E-state index >= 15 is 0 Å². The predicted octanol–water partition coefficient (Wildman–Crippen LogP) is 2.41. The lowest BCUT2D eigenvalue weighted by Gasteiger charge is -2.08. The molecule has 2 aromatic rings. The fourth-order valence-corrected chi connectivity index (χ4v) is 4.03. The molecule has 0 saturated heterocycles. The molecule has 1 amide bonds. The highest BCUT2D eigenvalue weighted by Crippen LogP contribution is 2.27. The van der Waals surface area contributed by atoms with Gasteiger partial charge in [-0.05, 0) is 60.9 Å². The highest BCUT2D eigenvalue weighted by Gasteiger charge is 2.22. The van der Waals surface area contributed by atoms with Crippen molar-refractivity contribution < 1.29 is 13.2 Å². The van der Waals surface area contributed by atoms with Crippen LogP contribution >= 0.6 is 11.3 Å². The van der Waals surface area contributed by atoms with Crippen molar-refractivity contribution in [3.63, 3.8) is 0 Å². The van der Waals surface area contributed by atoms with Gasteiger partial charge in [-0.2, -0.15) is 0 Å². The summed E-state index contributed by atoms with van der Waals surface area (Å²) in [6.07, 6.45) is 3.02. The minimum atomic E-state index is -3.55. The fourth-order valence-electron chi connectivity index (χ4n) is 2.29. The number of benzene rings is 1. The van der Waals surface area contributed by atoms with E-state index < -0.39 is 10.0 Å². The van der Waals surface area contributed by atoms with Crippen molar-refractivity contribution in [3.05, 3.63) is 52.2 Å². The van der Waals surface area contributed by atoms with Gasteiger partial charge in [-0.25, -0.2) is 13.1 Å². The molecule has 3 rings (SSSR count). The van der Waals surface area contributed by atoms with E-state index in [4.69, 9.17) is 0 Å². The number of amides is 1. The summed E-state index contributed by atoms with van der Waals surface area (Å²) in [5, 5.41) is 4.84. The van der Waals surface area contributed by atoms with Crippen molar-refractivity contribution >= 4 is 27.3 Å². The number of hydrogen-bond donors (Lipinski definition) is 2. The van der Waals surface area contributed by atoms with E-state index in [1.54, 1.807) is 23.5 Å². The summed E-state index contributed by atoms with van der Waals surface area (Å²) in [6, 6.07) is 9.97. The van der Waals surface area contributed by atoms with E-state index in [2.05, 4.69) is 10.0 Å². The van der Waals surface area contributed by atoms with Crippen molar-refractivity contribution in [3.8, 4) is 0 Å². The Morgan fingerprint density at radius 3 is 2.54 bits per heavy atom. The summed E-state index contributed by atoms with van der Waals surface area (Å²) in [5.41, 5.74) is 0.480. The van der Waals surface area contributed by atoms with Crippen LogP contribution < -0.4 is 10.0 Å². The molecule has 0 unspecified atom stereocenters. The number of hydrogen-bond acceptors (Lipinski definition) is 4. The maximum Gasteiger partial charge on any atom is 0.251 e. The van der Waals surface area contributed by atoms with E-state index in [1.165, 1.54) is 25.0 Å². The standard InChI is InChI=1S/C17H20N2O3S2/c20-17(18-12-13-3-4-13)14-5-7-16(8-6-14)24(21,22)19-10-9-15-2-1-11-23-15/h1-2,5-8,11,13,19H,3-4,9-10,12H2,(H,18,20). The Hall–Kier alpha value is -1.70. The van der Waals surface area contributed by atoms with Crippen LogP contribution in [0.25, 0.3) is 0 Å². The first kappa shape index (κ1) is 17.1. The Labute approximate surface area is 146 Å². The molecule has 1 aromatic heterocycles. The largest absolute Gasteiger partial charge is 0.352 e. The Morgan fingerprint density at radius 2 is 1.92 bits per heavy atom. The van der Waals surface area contributed by atoms with Crippen molar-refractivity contribution in [1.82, 2.24) is 10.0 Å². The molecular weight excluding hydrogens is 344 g/mol. The van der Waals surface area contributed by atoms with Crippen molar-refractivity contribution in [2.75, 3.05) is 13.1 Å². The second-order valence-corrected chi connectivity index (χ2v) is 8.70. The lowest BCUT2D eigenvalue weighted by Crippen LogP contribution is -2.27. The minimum Gasteiger partial charge on any atom is -0.352 e. The average molecular weight is 364 g/mol. The van der Waals surface area contributed by atoms with Crippen molar-refractivity contribution in [1.29, 1.82) is 0 Å². The first-order chi connectivity index (χ1) is 11.5. The molecular formula is C17H20N2O3S2. The quantitative estimate of drug-likeness (QED) is 0.755. The summed E-state index contributed by atoms with van der Waals surface area (Å²) >= 11 is 1.61.